The van der Waals surface area contributed by atoms with Crippen molar-refractivity contribution in [1.29, 1.82) is 0 Å². The van der Waals surface area contributed by atoms with E-state index in [0.717, 1.165) is 42.1 Å². The molecule has 1 aliphatic heterocycles. The maximum Gasteiger partial charge on any atom is 0.231 e. The minimum atomic E-state index is -0.315. The highest BCUT2D eigenvalue weighted by molar-refractivity contribution is 5.96. The molecule has 1 heterocycles. The second kappa shape index (κ2) is 5.21. The number of methoxy groups -OCH3 is 1. The molecular weight excluding hydrogens is 240 g/mol. The molecule has 104 valence electrons. The van der Waals surface area contributed by atoms with E-state index >= 15 is 0 Å². The van der Waals surface area contributed by atoms with E-state index in [1.807, 2.05) is 32.9 Å². The van der Waals surface area contributed by atoms with Gasteiger partial charge in [-0.15, -0.1) is 0 Å². The summed E-state index contributed by atoms with van der Waals surface area (Å²) < 4.78 is 5.38. The van der Waals surface area contributed by atoms with Crippen LogP contribution in [-0.2, 0) is 4.79 Å². The average Bonchev–Trinajstić information content (AvgIpc) is 2.82. The quantitative estimate of drug-likeness (QED) is 0.878. The number of hydrogen-bond acceptors (Lipinski definition) is 3. The summed E-state index contributed by atoms with van der Waals surface area (Å²) in [5.74, 6) is 0.916. The van der Waals surface area contributed by atoms with Crippen LogP contribution in [0, 0.1) is 19.3 Å². The molecule has 1 fully saturated rings. The fourth-order valence-electron chi connectivity index (χ4n) is 2.56. The summed E-state index contributed by atoms with van der Waals surface area (Å²) in [6, 6.07) is 3.91. The van der Waals surface area contributed by atoms with E-state index in [1.165, 1.54) is 0 Å². The SMILES string of the molecule is COc1c(C)ccc(NC(=O)C2(C)CCNC2)c1C. The van der Waals surface area contributed by atoms with E-state index in [1.54, 1.807) is 7.11 Å². The van der Waals surface area contributed by atoms with Crippen LogP contribution in [0.5, 0.6) is 5.75 Å². The Morgan fingerprint density at radius 1 is 1.42 bits per heavy atom. The van der Waals surface area contributed by atoms with Crippen LogP contribution in [0.3, 0.4) is 0 Å². The first-order chi connectivity index (χ1) is 8.98. The van der Waals surface area contributed by atoms with Gasteiger partial charge in [0.05, 0.1) is 12.5 Å². The number of ether oxygens (including phenoxy) is 1. The smallest absolute Gasteiger partial charge is 0.231 e. The molecule has 19 heavy (non-hydrogen) atoms. The topological polar surface area (TPSA) is 50.4 Å². The molecule has 4 heteroatoms. The number of rotatable bonds is 3. The molecule has 1 aliphatic rings. The zero-order chi connectivity index (χ0) is 14.0. The highest BCUT2D eigenvalue weighted by Gasteiger charge is 2.36. The van der Waals surface area contributed by atoms with Gasteiger partial charge >= 0.3 is 0 Å². The molecule has 0 aliphatic carbocycles. The number of benzene rings is 1. The summed E-state index contributed by atoms with van der Waals surface area (Å²) in [7, 11) is 1.66. The first-order valence-corrected chi connectivity index (χ1v) is 6.64. The van der Waals surface area contributed by atoms with Gasteiger partial charge in [0.2, 0.25) is 5.91 Å². The zero-order valence-corrected chi connectivity index (χ0v) is 12.1. The molecule has 2 N–H and O–H groups in total. The van der Waals surface area contributed by atoms with E-state index < -0.39 is 0 Å². The number of carbonyl (C=O) groups excluding carboxylic acids is 1. The summed E-state index contributed by atoms with van der Waals surface area (Å²) in [5.41, 5.74) is 2.57. The maximum absolute atomic E-state index is 12.4. The molecule has 0 aromatic heterocycles. The highest BCUT2D eigenvalue weighted by atomic mass is 16.5. The van der Waals surface area contributed by atoms with Gasteiger partial charge in [-0.25, -0.2) is 0 Å². The molecule has 1 saturated heterocycles. The van der Waals surface area contributed by atoms with Crippen LogP contribution in [0.15, 0.2) is 12.1 Å². The third-order valence-electron chi connectivity index (χ3n) is 3.97. The number of carbonyl (C=O) groups is 1. The van der Waals surface area contributed by atoms with E-state index in [-0.39, 0.29) is 11.3 Å². The lowest BCUT2D eigenvalue weighted by atomic mass is 9.88. The van der Waals surface area contributed by atoms with E-state index in [0.29, 0.717) is 0 Å². The highest BCUT2D eigenvalue weighted by Crippen LogP contribution is 2.31. The predicted molar refractivity (Wildman–Crippen MR) is 76.7 cm³/mol. The molecule has 4 nitrogen and oxygen atoms in total. The van der Waals surface area contributed by atoms with Gasteiger partial charge in [0.25, 0.3) is 0 Å². The Kier molecular flexibility index (Phi) is 3.80. The predicted octanol–water partition coefficient (Wildman–Crippen LogP) is 2.25. The van der Waals surface area contributed by atoms with Gasteiger partial charge in [0, 0.05) is 17.8 Å². The van der Waals surface area contributed by atoms with Crippen molar-refractivity contribution in [2.75, 3.05) is 25.5 Å². The lowest BCUT2D eigenvalue weighted by molar-refractivity contribution is -0.123. The molecule has 1 aromatic carbocycles. The van der Waals surface area contributed by atoms with Gasteiger partial charge in [0.15, 0.2) is 0 Å². The first-order valence-electron chi connectivity index (χ1n) is 6.64. The van der Waals surface area contributed by atoms with Crippen LogP contribution in [0.2, 0.25) is 0 Å². The summed E-state index contributed by atoms with van der Waals surface area (Å²) in [6.07, 6.45) is 0.876. The minimum Gasteiger partial charge on any atom is -0.496 e. The van der Waals surface area contributed by atoms with Crippen molar-refractivity contribution >= 4 is 11.6 Å². The summed E-state index contributed by atoms with van der Waals surface area (Å²) in [6.45, 7) is 7.61. The standard InChI is InChI=1S/C15H22N2O2/c1-10-5-6-12(11(2)13(10)19-4)17-14(18)15(3)7-8-16-9-15/h5-6,16H,7-9H2,1-4H3,(H,17,18). The number of aryl methyl sites for hydroxylation is 1. The molecule has 0 spiro atoms. The fraction of sp³-hybridized carbons (Fsp3) is 0.533. The second-order valence-electron chi connectivity index (χ2n) is 5.53. The molecule has 0 saturated carbocycles. The Morgan fingerprint density at radius 2 is 2.16 bits per heavy atom. The van der Waals surface area contributed by atoms with E-state index in [2.05, 4.69) is 10.6 Å². The average molecular weight is 262 g/mol. The van der Waals surface area contributed by atoms with Crippen LogP contribution in [0.1, 0.15) is 24.5 Å². The van der Waals surface area contributed by atoms with Crippen molar-refractivity contribution in [2.45, 2.75) is 27.2 Å². The number of hydrogen-bond donors (Lipinski definition) is 2. The lowest BCUT2D eigenvalue weighted by Gasteiger charge is -2.23. The largest absolute Gasteiger partial charge is 0.496 e. The maximum atomic E-state index is 12.4. The second-order valence-corrected chi connectivity index (χ2v) is 5.53. The Labute approximate surface area is 114 Å². The van der Waals surface area contributed by atoms with Crippen LogP contribution in [0.4, 0.5) is 5.69 Å². The van der Waals surface area contributed by atoms with E-state index in [4.69, 9.17) is 4.74 Å². The Balaban J connectivity index is 2.22. The summed E-state index contributed by atoms with van der Waals surface area (Å²) in [5, 5.41) is 6.28. The molecular formula is C15H22N2O2. The molecule has 2 rings (SSSR count). The van der Waals surface area contributed by atoms with Crippen molar-refractivity contribution < 1.29 is 9.53 Å². The number of anilines is 1. The Hall–Kier alpha value is -1.55. The molecule has 1 atom stereocenters. The van der Waals surface area contributed by atoms with Crippen molar-refractivity contribution in [3.8, 4) is 5.75 Å². The lowest BCUT2D eigenvalue weighted by Crippen LogP contribution is -2.35. The molecule has 0 bridgehead atoms. The first kappa shape index (κ1) is 13.9. The summed E-state index contributed by atoms with van der Waals surface area (Å²) >= 11 is 0. The normalized spacial score (nSPS) is 22.3. The van der Waals surface area contributed by atoms with Crippen molar-refractivity contribution in [3.05, 3.63) is 23.3 Å². The van der Waals surface area contributed by atoms with E-state index in [9.17, 15) is 4.79 Å². The fourth-order valence-corrected chi connectivity index (χ4v) is 2.56. The van der Waals surface area contributed by atoms with Gasteiger partial charge < -0.3 is 15.4 Å². The van der Waals surface area contributed by atoms with Gasteiger partial charge in [-0.05, 0) is 45.4 Å². The van der Waals surface area contributed by atoms with Gasteiger partial charge in [-0.2, -0.15) is 0 Å². The number of amides is 1. The summed E-state index contributed by atoms with van der Waals surface area (Å²) in [4.78, 5) is 12.4. The molecule has 1 amide bonds. The zero-order valence-electron chi connectivity index (χ0n) is 12.1. The minimum absolute atomic E-state index is 0.0755. The van der Waals surface area contributed by atoms with Crippen molar-refractivity contribution in [2.24, 2.45) is 5.41 Å². The van der Waals surface area contributed by atoms with Crippen molar-refractivity contribution in [3.63, 3.8) is 0 Å². The number of nitrogens with one attached hydrogen (secondary N) is 2. The van der Waals surface area contributed by atoms with Gasteiger partial charge in [0.1, 0.15) is 5.75 Å². The Morgan fingerprint density at radius 3 is 2.74 bits per heavy atom. The molecule has 1 aromatic rings. The van der Waals surface area contributed by atoms with Crippen LogP contribution >= 0.6 is 0 Å². The van der Waals surface area contributed by atoms with Crippen LogP contribution in [-0.4, -0.2) is 26.1 Å². The van der Waals surface area contributed by atoms with Crippen LogP contribution in [0.25, 0.3) is 0 Å². The van der Waals surface area contributed by atoms with Gasteiger partial charge in [-0.3, -0.25) is 4.79 Å². The third kappa shape index (κ3) is 2.59. The third-order valence-corrected chi connectivity index (χ3v) is 3.97. The molecule has 0 radical (unpaired) electrons. The van der Waals surface area contributed by atoms with Gasteiger partial charge in [-0.1, -0.05) is 6.07 Å². The monoisotopic (exact) mass is 262 g/mol. The van der Waals surface area contributed by atoms with Crippen molar-refractivity contribution in [1.82, 2.24) is 5.32 Å². The Bertz CT molecular complexity index is 491. The van der Waals surface area contributed by atoms with Crippen LogP contribution < -0.4 is 15.4 Å². The molecule has 1 unspecified atom stereocenters.